The first-order chi connectivity index (χ1) is 11.9. The molecule has 0 saturated carbocycles. The molecule has 10 nitrogen and oxygen atoms in total. The zero-order chi connectivity index (χ0) is 18.0. The minimum Gasteiger partial charge on any atom is -0.480 e. The summed E-state index contributed by atoms with van der Waals surface area (Å²) in [6.07, 6.45) is 2.71. The van der Waals surface area contributed by atoms with Gasteiger partial charge < -0.3 is 30.9 Å². The number of fused-ring (bicyclic) bond motifs is 1. The van der Waals surface area contributed by atoms with Crippen molar-refractivity contribution in [2.75, 3.05) is 37.8 Å². The highest BCUT2D eigenvalue weighted by molar-refractivity contribution is 5.78. The lowest BCUT2D eigenvalue weighted by Crippen LogP contribution is -2.38. The molecule has 10 heteroatoms. The van der Waals surface area contributed by atoms with Crippen LogP contribution in [0.3, 0.4) is 0 Å². The quantitative estimate of drug-likeness (QED) is 0.646. The van der Waals surface area contributed by atoms with E-state index in [4.69, 9.17) is 26.0 Å². The average Bonchev–Trinajstić information content (AvgIpc) is 2.75. The second-order valence-corrected chi connectivity index (χ2v) is 6.33. The largest absolute Gasteiger partial charge is 0.480 e. The van der Waals surface area contributed by atoms with Gasteiger partial charge in [-0.3, -0.25) is 4.79 Å². The van der Waals surface area contributed by atoms with Crippen LogP contribution in [0.5, 0.6) is 5.88 Å². The van der Waals surface area contributed by atoms with Crippen LogP contribution in [0.25, 0.3) is 0 Å². The maximum absolute atomic E-state index is 12.2. The number of carbonyl (C=O) groups excluding carboxylic acids is 1. The Kier molecular flexibility index (Phi) is 4.62. The van der Waals surface area contributed by atoms with Crippen LogP contribution in [0.1, 0.15) is 24.8 Å². The fraction of sp³-hybridized carbons (Fsp3) is 0.600. The van der Waals surface area contributed by atoms with E-state index in [-0.39, 0.29) is 18.5 Å². The number of ether oxygens (including phenoxy) is 2. The van der Waals surface area contributed by atoms with Gasteiger partial charge in [0.25, 0.3) is 0 Å². The summed E-state index contributed by atoms with van der Waals surface area (Å²) >= 11 is 0. The summed E-state index contributed by atoms with van der Waals surface area (Å²) in [4.78, 5) is 32.4. The molecule has 0 bridgehead atoms. The Morgan fingerprint density at radius 2 is 2.04 bits per heavy atom. The minimum absolute atomic E-state index is 0.0781. The first-order valence-corrected chi connectivity index (χ1v) is 8.07. The van der Waals surface area contributed by atoms with Gasteiger partial charge in [-0.1, -0.05) is 0 Å². The summed E-state index contributed by atoms with van der Waals surface area (Å²) in [5.41, 5.74) is 11.8. The number of nitrogens with zero attached hydrogens (tertiary/aromatic N) is 3. The summed E-state index contributed by atoms with van der Waals surface area (Å²) in [7, 11) is 0. The highest BCUT2D eigenvalue weighted by atomic mass is 16.5. The van der Waals surface area contributed by atoms with Crippen molar-refractivity contribution in [2.45, 2.75) is 31.3 Å². The van der Waals surface area contributed by atoms with Gasteiger partial charge in [0, 0.05) is 25.9 Å². The van der Waals surface area contributed by atoms with Crippen LogP contribution in [0.4, 0.5) is 11.8 Å². The molecule has 136 valence electrons. The van der Waals surface area contributed by atoms with Crippen LogP contribution < -0.4 is 16.2 Å². The zero-order valence-electron chi connectivity index (χ0n) is 13.7. The van der Waals surface area contributed by atoms with Crippen LogP contribution >= 0.6 is 0 Å². The molecule has 3 heterocycles. The van der Waals surface area contributed by atoms with Crippen molar-refractivity contribution < 1.29 is 24.2 Å². The first-order valence-electron chi connectivity index (χ1n) is 8.07. The van der Waals surface area contributed by atoms with Crippen molar-refractivity contribution in [3.05, 3.63) is 5.56 Å². The van der Waals surface area contributed by atoms with Crippen molar-refractivity contribution in [3.8, 4) is 5.88 Å². The number of nitrogen functional groups attached to an aromatic ring is 2. The predicted octanol–water partition coefficient (Wildman–Crippen LogP) is -0.572. The highest BCUT2D eigenvalue weighted by Crippen LogP contribution is 2.42. The number of rotatable bonds is 4. The number of hydrogen-bond donors (Lipinski definition) is 3. The number of aliphatic carboxylic acids is 1. The molecule has 25 heavy (non-hydrogen) atoms. The molecule has 0 aromatic carbocycles. The lowest BCUT2D eigenvalue weighted by atomic mass is 9.90. The number of carbonyl (C=O) groups is 2. The van der Waals surface area contributed by atoms with Crippen LogP contribution in [0.15, 0.2) is 0 Å². The van der Waals surface area contributed by atoms with Gasteiger partial charge in [0.1, 0.15) is 24.6 Å². The Bertz CT molecular complexity index is 697. The van der Waals surface area contributed by atoms with E-state index in [0.717, 1.165) is 18.4 Å². The topological polar surface area (TPSA) is 154 Å². The maximum Gasteiger partial charge on any atom is 0.329 e. The molecule has 5 N–H and O–H groups in total. The van der Waals surface area contributed by atoms with Crippen LogP contribution in [-0.4, -0.2) is 63.8 Å². The third-order valence-electron chi connectivity index (χ3n) is 4.53. The SMILES string of the molecule is Nc1nc(N)c2c(n1)O[C@]1(CCCN(C(=O)COCC(=O)O)CC1)C2. The Labute approximate surface area is 144 Å². The van der Waals surface area contributed by atoms with Gasteiger partial charge in [-0.15, -0.1) is 0 Å². The summed E-state index contributed by atoms with van der Waals surface area (Å²) in [5, 5.41) is 8.55. The van der Waals surface area contributed by atoms with Crippen LogP contribution in [0, 0.1) is 0 Å². The Morgan fingerprint density at radius 3 is 2.80 bits per heavy atom. The molecule has 1 atom stereocenters. The zero-order valence-corrected chi connectivity index (χ0v) is 13.7. The average molecular weight is 351 g/mol. The second-order valence-electron chi connectivity index (χ2n) is 6.33. The molecule has 1 fully saturated rings. The van der Waals surface area contributed by atoms with Gasteiger partial charge in [0.05, 0.1) is 5.56 Å². The molecule has 1 amide bonds. The fourth-order valence-electron chi connectivity index (χ4n) is 3.32. The Hall–Kier alpha value is -2.62. The number of carboxylic acid groups (broad SMARTS) is 1. The van der Waals surface area contributed by atoms with Crippen molar-refractivity contribution in [1.82, 2.24) is 14.9 Å². The number of amides is 1. The van der Waals surface area contributed by atoms with E-state index >= 15 is 0 Å². The molecule has 2 aliphatic rings. The van der Waals surface area contributed by atoms with Gasteiger partial charge in [0.15, 0.2) is 0 Å². The molecule has 0 aliphatic carbocycles. The Balaban J connectivity index is 1.62. The number of likely N-dealkylation sites (tertiary alicyclic amines) is 1. The summed E-state index contributed by atoms with van der Waals surface area (Å²) in [6, 6.07) is 0. The standard InChI is InChI=1S/C15H21N5O5/c16-12-9-6-15(25-13(9)19-14(17)18-12)2-1-4-20(5-3-15)10(21)7-24-8-11(22)23/h1-8H2,(H,22,23)(H4,16,17,18,19)/t15-/m0/s1. The number of aromatic nitrogens is 2. The molecule has 1 spiro atoms. The van der Waals surface area contributed by atoms with Crippen molar-refractivity contribution in [3.63, 3.8) is 0 Å². The highest BCUT2D eigenvalue weighted by Gasteiger charge is 2.43. The van der Waals surface area contributed by atoms with E-state index in [9.17, 15) is 9.59 Å². The molecular weight excluding hydrogens is 330 g/mol. The van der Waals surface area contributed by atoms with E-state index in [1.165, 1.54) is 0 Å². The number of anilines is 2. The van der Waals surface area contributed by atoms with Gasteiger partial charge in [0.2, 0.25) is 17.7 Å². The summed E-state index contributed by atoms with van der Waals surface area (Å²) in [6.45, 7) is 0.336. The van der Waals surface area contributed by atoms with E-state index in [2.05, 4.69) is 9.97 Å². The number of carboxylic acids is 1. The monoisotopic (exact) mass is 351 g/mol. The number of nitrogens with two attached hydrogens (primary N) is 2. The van der Waals surface area contributed by atoms with Gasteiger partial charge in [-0.25, -0.2) is 4.79 Å². The van der Waals surface area contributed by atoms with Crippen molar-refractivity contribution in [2.24, 2.45) is 0 Å². The molecule has 1 aromatic heterocycles. The Morgan fingerprint density at radius 1 is 1.24 bits per heavy atom. The molecule has 3 rings (SSSR count). The summed E-state index contributed by atoms with van der Waals surface area (Å²) in [5.74, 6) is -0.488. The fourth-order valence-corrected chi connectivity index (χ4v) is 3.32. The van der Waals surface area contributed by atoms with Crippen LogP contribution in [-0.2, 0) is 20.7 Å². The van der Waals surface area contributed by atoms with Crippen molar-refractivity contribution in [1.29, 1.82) is 0 Å². The predicted molar refractivity (Wildman–Crippen MR) is 86.8 cm³/mol. The summed E-state index contributed by atoms with van der Waals surface area (Å²) < 4.78 is 10.9. The lowest BCUT2D eigenvalue weighted by Gasteiger charge is -2.27. The maximum atomic E-state index is 12.2. The molecule has 0 unspecified atom stereocenters. The minimum atomic E-state index is -1.10. The second kappa shape index (κ2) is 6.71. The first kappa shape index (κ1) is 17.2. The third kappa shape index (κ3) is 3.73. The van der Waals surface area contributed by atoms with E-state index in [0.29, 0.717) is 37.6 Å². The van der Waals surface area contributed by atoms with E-state index < -0.39 is 18.2 Å². The van der Waals surface area contributed by atoms with Crippen LogP contribution in [0.2, 0.25) is 0 Å². The van der Waals surface area contributed by atoms with E-state index in [1.807, 2.05) is 0 Å². The normalized spacial score (nSPS) is 22.3. The third-order valence-corrected chi connectivity index (χ3v) is 4.53. The smallest absolute Gasteiger partial charge is 0.329 e. The van der Waals surface area contributed by atoms with Gasteiger partial charge in [-0.2, -0.15) is 9.97 Å². The molecule has 1 saturated heterocycles. The van der Waals surface area contributed by atoms with Crippen molar-refractivity contribution >= 4 is 23.6 Å². The van der Waals surface area contributed by atoms with E-state index in [1.54, 1.807) is 4.90 Å². The molecule has 0 radical (unpaired) electrons. The van der Waals surface area contributed by atoms with Gasteiger partial charge >= 0.3 is 5.97 Å². The molecule has 2 aliphatic heterocycles. The lowest BCUT2D eigenvalue weighted by molar-refractivity contribution is -0.145. The molecule has 1 aromatic rings. The number of hydrogen-bond acceptors (Lipinski definition) is 8. The molecular formula is C15H21N5O5. The van der Waals surface area contributed by atoms with Gasteiger partial charge in [-0.05, 0) is 12.8 Å².